The molecule has 1 nitrogen and oxygen atoms in total. The van der Waals surface area contributed by atoms with Crippen LogP contribution in [0.25, 0.3) is 0 Å². The van der Waals surface area contributed by atoms with Crippen molar-refractivity contribution in [2.45, 2.75) is 16.9 Å². The van der Waals surface area contributed by atoms with Gasteiger partial charge in [0.1, 0.15) is 4.32 Å². The molecule has 58 valence electrons. The Morgan fingerprint density at radius 1 is 1.70 bits per heavy atom. The first-order valence-corrected chi connectivity index (χ1v) is 5.32. The number of thiol groups is 2. The van der Waals surface area contributed by atoms with Gasteiger partial charge in [-0.2, -0.15) is 25.3 Å². The summed E-state index contributed by atoms with van der Waals surface area (Å²) in [6.07, 6.45) is 0. The number of rotatable bonds is 1. The average molecular weight is 211 g/mol. The van der Waals surface area contributed by atoms with Gasteiger partial charge in [0, 0.05) is 6.54 Å². The first kappa shape index (κ1) is 9.03. The van der Waals surface area contributed by atoms with Crippen LogP contribution in [0.15, 0.2) is 0 Å². The maximum atomic E-state index is 5.08. The second kappa shape index (κ2) is 3.56. The van der Waals surface area contributed by atoms with Crippen LogP contribution in [-0.2, 0) is 0 Å². The number of thioether (sulfide) groups is 1. The standard InChI is InChI=1S/C5H9NS4/c1-2-6-3(7)4(8)10-5(6)9/h3-4,7-8H,2H2,1H3. The fourth-order valence-corrected chi connectivity index (χ4v) is 3.51. The smallest absolute Gasteiger partial charge is 0.138 e. The van der Waals surface area contributed by atoms with Gasteiger partial charge in [0.15, 0.2) is 0 Å². The zero-order valence-corrected chi connectivity index (χ0v) is 8.94. The summed E-state index contributed by atoms with van der Waals surface area (Å²) >= 11 is 15.4. The number of thiocarbonyl (C=S) groups is 1. The lowest BCUT2D eigenvalue weighted by molar-refractivity contribution is 0.460. The minimum absolute atomic E-state index is 0.186. The van der Waals surface area contributed by atoms with Gasteiger partial charge >= 0.3 is 0 Å². The van der Waals surface area contributed by atoms with Gasteiger partial charge in [-0.3, -0.25) is 0 Å². The Bertz CT molecular complexity index is 149. The molecule has 0 bridgehead atoms. The molecule has 0 amide bonds. The van der Waals surface area contributed by atoms with Crippen molar-refractivity contribution < 1.29 is 0 Å². The van der Waals surface area contributed by atoms with E-state index in [2.05, 4.69) is 37.1 Å². The molecule has 1 rings (SSSR count). The molecule has 10 heavy (non-hydrogen) atoms. The highest BCUT2D eigenvalue weighted by Crippen LogP contribution is 2.35. The Balaban J connectivity index is 2.64. The zero-order chi connectivity index (χ0) is 7.72. The molecule has 5 heteroatoms. The van der Waals surface area contributed by atoms with E-state index in [1.54, 1.807) is 11.8 Å². The Morgan fingerprint density at radius 3 is 2.50 bits per heavy atom. The van der Waals surface area contributed by atoms with E-state index < -0.39 is 0 Å². The fraction of sp³-hybridized carbons (Fsp3) is 0.800. The first-order valence-electron chi connectivity index (χ1n) is 3.00. The van der Waals surface area contributed by atoms with Gasteiger partial charge in [0.05, 0.1) is 9.96 Å². The zero-order valence-electron chi connectivity index (χ0n) is 5.52. The van der Waals surface area contributed by atoms with Crippen molar-refractivity contribution in [1.29, 1.82) is 0 Å². The molecule has 0 aromatic heterocycles. The van der Waals surface area contributed by atoms with E-state index in [0.717, 1.165) is 10.9 Å². The molecule has 1 saturated heterocycles. The Morgan fingerprint density at radius 2 is 2.30 bits per heavy atom. The third kappa shape index (κ3) is 1.57. The van der Waals surface area contributed by atoms with Crippen LogP contribution in [0.5, 0.6) is 0 Å². The van der Waals surface area contributed by atoms with E-state index in [-0.39, 0.29) is 9.96 Å². The van der Waals surface area contributed by atoms with Gasteiger partial charge in [-0.05, 0) is 6.92 Å². The van der Waals surface area contributed by atoms with Crippen LogP contribution in [0, 0.1) is 0 Å². The summed E-state index contributed by atoms with van der Waals surface area (Å²) in [7, 11) is 0. The molecule has 0 radical (unpaired) electrons. The van der Waals surface area contributed by atoms with Crippen molar-refractivity contribution in [1.82, 2.24) is 4.90 Å². The van der Waals surface area contributed by atoms with Gasteiger partial charge in [-0.1, -0.05) is 24.0 Å². The lowest BCUT2D eigenvalue weighted by Gasteiger charge is -2.20. The second-order valence-corrected chi connectivity index (χ2v) is 5.18. The topological polar surface area (TPSA) is 3.24 Å². The van der Waals surface area contributed by atoms with E-state index >= 15 is 0 Å². The molecular weight excluding hydrogens is 202 g/mol. The summed E-state index contributed by atoms with van der Waals surface area (Å²) in [5, 5.41) is 0.186. The summed E-state index contributed by atoms with van der Waals surface area (Å²) in [5.74, 6) is 0. The SMILES string of the molecule is CCN1C(=S)SC(S)C1S. The molecule has 0 N–H and O–H groups in total. The molecule has 2 unspecified atom stereocenters. The van der Waals surface area contributed by atoms with Gasteiger partial charge in [0.2, 0.25) is 0 Å². The molecule has 1 fully saturated rings. The molecular formula is C5H9NS4. The minimum atomic E-state index is 0.186. The normalized spacial score (nSPS) is 33.5. The monoisotopic (exact) mass is 211 g/mol. The van der Waals surface area contributed by atoms with Crippen LogP contribution in [0.4, 0.5) is 0 Å². The number of nitrogens with zero attached hydrogens (tertiary/aromatic N) is 1. The number of hydrogen-bond donors (Lipinski definition) is 2. The van der Waals surface area contributed by atoms with Gasteiger partial charge in [-0.25, -0.2) is 0 Å². The van der Waals surface area contributed by atoms with Crippen LogP contribution in [0.3, 0.4) is 0 Å². The molecule has 1 heterocycles. The predicted octanol–water partition coefficient (Wildman–Crippen LogP) is 1.85. The maximum Gasteiger partial charge on any atom is 0.138 e. The summed E-state index contributed by atoms with van der Waals surface area (Å²) < 4.78 is 1.15. The highest BCUT2D eigenvalue weighted by Gasteiger charge is 2.32. The lowest BCUT2D eigenvalue weighted by Crippen LogP contribution is -2.30. The van der Waals surface area contributed by atoms with Crippen molar-refractivity contribution >= 4 is 53.6 Å². The van der Waals surface area contributed by atoms with Crippen molar-refractivity contribution in [3.63, 3.8) is 0 Å². The number of hydrogen-bond acceptors (Lipinski definition) is 4. The van der Waals surface area contributed by atoms with E-state index in [1.165, 1.54) is 0 Å². The van der Waals surface area contributed by atoms with E-state index in [9.17, 15) is 0 Å². The van der Waals surface area contributed by atoms with Gasteiger partial charge in [0.25, 0.3) is 0 Å². The Labute approximate surface area is 81.7 Å². The largest absolute Gasteiger partial charge is 0.344 e. The van der Waals surface area contributed by atoms with Crippen molar-refractivity contribution in [3.8, 4) is 0 Å². The van der Waals surface area contributed by atoms with Crippen LogP contribution in [0.2, 0.25) is 0 Å². The molecule has 0 spiro atoms. The molecule has 1 aliphatic rings. The van der Waals surface area contributed by atoms with E-state index in [1.807, 2.05) is 0 Å². The van der Waals surface area contributed by atoms with Crippen molar-refractivity contribution in [2.75, 3.05) is 6.54 Å². The van der Waals surface area contributed by atoms with Crippen molar-refractivity contribution in [2.24, 2.45) is 0 Å². The maximum absolute atomic E-state index is 5.08. The minimum Gasteiger partial charge on any atom is -0.344 e. The highest BCUT2D eigenvalue weighted by atomic mass is 32.2. The fourth-order valence-electron chi connectivity index (χ4n) is 0.810. The average Bonchev–Trinajstić information content (AvgIpc) is 2.09. The molecule has 0 aliphatic carbocycles. The third-order valence-corrected chi connectivity index (χ3v) is 4.44. The summed E-state index contributed by atoms with van der Waals surface area (Å²) in [6, 6.07) is 0. The van der Waals surface area contributed by atoms with Gasteiger partial charge in [-0.15, -0.1) is 0 Å². The van der Waals surface area contributed by atoms with E-state index in [0.29, 0.717) is 0 Å². The molecule has 0 aromatic carbocycles. The van der Waals surface area contributed by atoms with Crippen LogP contribution < -0.4 is 0 Å². The predicted molar refractivity (Wildman–Crippen MR) is 58.1 cm³/mol. The molecule has 0 aromatic rings. The van der Waals surface area contributed by atoms with Gasteiger partial charge < -0.3 is 4.90 Å². The molecule has 2 atom stereocenters. The third-order valence-electron chi connectivity index (χ3n) is 1.37. The van der Waals surface area contributed by atoms with Crippen molar-refractivity contribution in [3.05, 3.63) is 0 Å². The highest BCUT2D eigenvalue weighted by molar-refractivity contribution is 8.28. The summed E-state index contributed by atoms with van der Waals surface area (Å²) in [4.78, 5) is 2.07. The summed E-state index contributed by atoms with van der Waals surface area (Å²) in [6.45, 7) is 3.00. The van der Waals surface area contributed by atoms with Crippen LogP contribution in [-0.4, -0.2) is 25.7 Å². The molecule has 1 aliphatic heterocycles. The Hall–Kier alpha value is 0.940. The molecule has 0 saturated carbocycles. The Kier molecular flexibility index (Phi) is 3.21. The van der Waals surface area contributed by atoms with Crippen LogP contribution >= 0.6 is 49.2 Å². The van der Waals surface area contributed by atoms with E-state index in [4.69, 9.17) is 12.2 Å². The first-order chi connectivity index (χ1) is 4.66. The van der Waals surface area contributed by atoms with Crippen LogP contribution in [0.1, 0.15) is 6.92 Å². The summed E-state index contributed by atoms with van der Waals surface area (Å²) in [5.41, 5.74) is 0. The lowest BCUT2D eigenvalue weighted by atomic mass is 10.6. The quantitative estimate of drug-likeness (QED) is 0.504. The second-order valence-electron chi connectivity index (χ2n) is 1.97.